The molecule has 0 bridgehead atoms. The molecular formula is C18H13ClF4N4. The van der Waals surface area contributed by atoms with Crippen molar-refractivity contribution in [1.82, 2.24) is 9.97 Å². The van der Waals surface area contributed by atoms with Gasteiger partial charge in [-0.2, -0.15) is 18.2 Å². The number of rotatable bonds is 5. The van der Waals surface area contributed by atoms with Crippen LogP contribution in [0.1, 0.15) is 11.1 Å². The summed E-state index contributed by atoms with van der Waals surface area (Å²) in [7, 11) is 0. The fourth-order valence-corrected chi connectivity index (χ4v) is 2.46. The highest BCUT2D eigenvalue weighted by atomic mass is 35.5. The topological polar surface area (TPSA) is 49.8 Å². The van der Waals surface area contributed by atoms with E-state index in [1.165, 1.54) is 30.5 Å². The van der Waals surface area contributed by atoms with Crippen LogP contribution in [-0.2, 0) is 12.7 Å². The van der Waals surface area contributed by atoms with E-state index >= 15 is 0 Å². The average molecular weight is 397 g/mol. The minimum Gasteiger partial charge on any atom is -0.366 e. The van der Waals surface area contributed by atoms with Gasteiger partial charge in [0.15, 0.2) is 0 Å². The molecule has 0 spiro atoms. The van der Waals surface area contributed by atoms with Crippen LogP contribution in [-0.4, -0.2) is 9.97 Å². The minimum absolute atomic E-state index is 0.00747. The van der Waals surface area contributed by atoms with Crippen LogP contribution < -0.4 is 10.6 Å². The average Bonchev–Trinajstić information content (AvgIpc) is 2.62. The maximum Gasteiger partial charge on any atom is 0.418 e. The van der Waals surface area contributed by atoms with Gasteiger partial charge in [-0.1, -0.05) is 23.7 Å². The standard InChI is InChI=1S/C18H13ClF4N4/c19-12-3-6-15(14(9-12)18(21,22)23)26-17-24-8-7-16(27-17)25-10-11-1-4-13(20)5-2-11/h1-9H,10H2,(H2,24,25,26,27). The molecule has 3 aromatic rings. The first-order valence-electron chi connectivity index (χ1n) is 7.76. The zero-order valence-corrected chi connectivity index (χ0v) is 14.4. The van der Waals surface area contributed by atoms with Crippen molar-refractivity contribution in [2.75, 3.05) is 10.6 Å². The second kappa shape index (κ2) is 7.79. The van der Waals surface area contributed by atoms with Gasteiger partial charge < -0.3 is 10.6 Å². The first-order chi connectivity index (χ1) is 12.8. The van der Waals surface area contributed by atoms with E-state index in [2.05, 4.69) is 20.6 Å². The minimum atomic E-state index is -4.58. The summed E-state index contributed by atoms with van der Waals surface area (Å²) in [6, 6.07) is 10.9. The molecule has 0 unspecified atom stereocenters. The second-order valence-corrected chi connectivity index (χ2v) is 5.99. The van der Waals surface area contributed by atoms with Crippen LogP contribution in [0.15, 0.2) is 54.7 Å². The molecule has 0 amide bonds. The predicted molar refractivity (Wildman–Crippen MR) is 95.5 cm³/mol. The second-order valence-electron chi connectivity index (χ2n) is 5.56. The van der Waals surface area contributed by atoms with Crippen molar-refractivity contribution in [2.24, 2.45) is 0 Å². The molecule has 1 heterocycles. The summed E-state index contributed by atoms with van der Waals surface area (Å²) in [5.41, 5.74) is -0.299. The van der Waals surface area contributed by atoms with E-state index in [-0.39, 0.29) is 22.5 Å². The summed E-state index contributed by atoms with van der Waals surface area (Å²) in [5, 5.41) is 5.54. The molecule has 140 valence electrons. The first-order valence-corrected chi connectivity index (χ1v) is 8.14. The number of hydrogen-bond acceptors (Lipinski definition) is 4. The number of hydrogen-bond donors (Lipinski definition) is 2. The van der Waals surface area contributed by atoms with Gasteiger partial charge in [-0.15, -0.1) is 0 Å². The van der Waals surface area contributed by atoms with Gasteiger partial charge in [0, 0.05) is 17.8 Å². The Morgan fingerprint density at radius 2 is 1.74 bits per heavy atom. The third-order valence-electron chi connectivity index (χ3n) is 3.58. The Labute approximate surface area is 157 Å². The molecule has 2 aromatic carbocycles. The van der Waals surface area contributed by atoms with Crippen molar-refractivity contribution in [3.63, 3.8) is 0 Å². The van der Waals surface area contributed by atoms with Gasteiger partial charge >= 0.3 is 6.18 Å². The molecule has 3 rings (SSSR count). The molecule has 0 saturated heterocycles. The third kappa shape index (κ3) is 5.07. The molecule has 0 aliphatic carbocycles. The lowest BCUT2D eigenvalue weighted by Crippen LogP contribution is -2.10. The molecule has 9 heteroatoms. The highest BCUT2D eigenvalue weighted by molar-refractivity contribution is 6.30. The lowest BCUT2D eigenvalue weighted by atomic mass is 10.1. The Balaban J connectivity index is 1.75. The van der Waals surface area contributed by atoms with E-state index in [9.17, 15) is 17.6 Å². The summed E-state index contributed by atoms with van der Waals surface area (Å²) in [6.45, 7) is 0.367. The molecule has 0 aliphatic rings. The van der Waals surface area contributed by atoms with E-state index in [4.69, 9.17) is 11.6 Å². The summed E-state index contributed by atoms with van der Waals surface area (Å²) in [5.74, 6) is 0.0574. The molecule has 0 aliphatic heterocycles. The van der Waals surface area contributed by atoms with Crippen molar-refractivity contribution in [3.8, 4) is 0 Å². The Kier molecular flexibility index (Phi) is 5.46. The lowest BCUT2D eigenvalue weighted by Gasteiger charge is -2.14. The van der Waals surface area contributed by atoms with Crippen LogP contribution in [0.4, 0.5) is 35.0 Å². The smallest absolute Gasteiger partial charge is 0.366 e. The summed E-state index contributed by atoms with van der Waals surface area (Å²) >= 11 is 5.67. The van der Waals surface area contributed by atoms with Crippen LogP contribution in [0.3, 0.4) is 0 Å². The number of nitrogens with zero attached hydrogens (tertiary/aromatic N) is 2. The number of nitrogens with one attached hydrogen (secondary N) is 2. The zero-order valence-electron chi connectivity index (χ0n) is 13.7. The quantitative estimate of drug-likeness (QED) is 0.548. The van der Waals surface area contributed by atoms with Crippen LogP contribution in [0.25, 0.3) is 0 Å². The Morgan fingerprint density at radius 3 is 2.44 bits per heavy atom. The Morgan fingerprint density at radius 1 is 1.00 bits per heavy atom. The van der Waals surface area contributed by atoms with Gasteiger partial charge in [0.05, 0.1) is 11.3 Å². The summed E-state index contributed by atoms with van der Waals surface area (Å²) in [4.78, 5) is 8.07. The third-order valence-corrected chi connectivity index (χ3v) is 3.81. The maximum atomic E-state index is 13.2. The van der Waals surface area contributed by atoms with E-state index in [1.54, 1.807) is 18.2 Å². The van der Waals surface area contributed by atoms with E-state index in [1.807, 2.05) is 0 Å². The Hall–Kier alpha value is -2.87. The molecule has 0 atom stereocenters. The Bertz CT molecular complexity index is 929. The van der Waals surface area contributed by atoms with Crippen molar-refractivity contribution in [3.05, 3.63) is 76.7 Å². The number of halogens is 5. The fraction of sp³-hybridized carbons (Fsp3) is 0.111. The van der Waals surface area contributed by atoms with E-state index in [0.29, 0.717) is 12.4 Å². The summed E-state index contributed by atoms with van der Waals surface area (Å²) < 4.78 is 52.4. The predicted octanol–water partition coefficient (Wildman–Crippen LogP) is 5.64. The van der Waals surface area contributed by atoms with Crippen LogP contribution in [0, 0.1) is 5.82 Å². The molecule has 0 saturated carbocycles. The molecular weight excluding hydrogens is 384 g/mol. The number of anilines is 3. The monoisotopic (exact) mass is 396 g/mol. The normalized spacial score (nSPS) is 11.3. The SMILES string of the molecule is Fc1ccc(CNc2ccnc(Nc3ccc(Cl)cc3C(F)(F)F)n2)cc1. The van der Waals surface area contributed by atoms with E-state index < -0.39 is 11.7 Å². The van der Waals surface area contributed by atoms with Gasteiger partial charge in [0.1, 0.15) is 11.6 Å². The highest BCUT2D eigenvalue weighted by Crippen LogP contribution is 2.37. The van der Waals surface area contributed by atoms with Gasteiger partial charge in [-0.3, -0.25) is 0 Å². The van der Waals surface area contributed by atoms with Crippen LogP contribution >= 0.6 is 11.6 Å². The molecule has 27 heavy (non-hydrogen) atoms. The number of alkyl halides is 3. The first kappa shape index (κ1) is 18.9. The number of aromatic nitrogens is 2. The van der Waals surface area contributed by atoms with Gasteiger partial charge in [-0.25, -0.2) is 9.37 Å². The molecule has 0 radical (unpaired) electrons. The van der Waals surface area contributed by atoms with Crippen molar-refractivity contribution in [1.29, 1.82) is 0 Å². The fourth-order valence-electron chi connectivity index (χ4n) is 2.29. The molecule has 4 nitrogen and oxygen atoms in total. The number of benzene rings is 2. The molecule has 0 fully saturated rings. The van der Waals surface area contributed by atoms with E-state index in [0.717, 1.165) is 11.6 Å². The van der Waals surface area contributed by atoms with Gasteiger partial charge in [-0.05, 0) is 42.0 Å². The highest BCUT2D eigenvalue weighted by Gasteiger charge is 2.34. The van der Waals surface area contributed by atoms with Crippen molar-refractivity contribution < 1.29 is 17.6 Å². The molecule has 1 aromatic heterocycles. The largest absolute Gasteiger partial charge is 0.418 e. The van der Waals surface area contributed by atoms with Crippen molar-refractivity contribution in [2.45, 2.75) is 12.7 Å². The van der Waals surface area contributed by atoms with Gasteiger partial charge in [0.25, 0.3) is 0 Å². The lowest BCUT2D eigenvalue weighted by molar-refractivity contribution is -0.136. The molecule has 2 N–H and O–H groups in total. The van der Waals surface area contributed by atoms with Gasteiger partial charge in [0.2, 0.25) is 5.95 Å². The van der Waals surface area contributed by atoms with Crippen LogP contribution in [0.2, 0.25) is 5.02 Å². The maximum absolute atomic E-state index is 13.2. The summed E-state index contributed by atoms with van der Waals surface area (Å²) in [6.07, 6.45) is -3.17. The zero-order chi connectivity index (χ0) is 19.4. The van der Waals surface area contributed by atoms with Crippen molar-refractivity contribution >= 4 is 29.1 Å². The van der Waals surface area contributed by atoms with Crippen LogP contribution in [0.5, 0.6) is 0 Å².